The number of methoxy groups -OCH3 is 1. The molecule has 1 heterocycles. The van der Waals surface area contributed by atoms with Crippen LogP contribution in [-0.2, 0) is 9.59 Å². The second kappa shape index (κ2) is 6.13. The standard InChI is InChI=1S/C14H17ClN2O3/c1-9(15)14(19)16-10-5-6-11(12(8-10)20-2)17-7-3-4-13(17)18/h5-6,8-9H,3-4,7H2,1-2H3,(H,16,19). The van der Waals surface area contributed by atoms with E-state index in [1.807, 2.05) is 0 Å². The van der Waals surface area contributed by atoms with Crippen LogP contribution in [0.25, 0.3) is 0 Å². The van der Waals surface area contributed by atoms with Crippen LogP contribution in [0.15, 0.2) is 18.2 Å². The molecule has 2 amide bonds. The van der Waals surface area contributed by atoms with E-state index in [1.165, 1.54) is 7.11 Å². The summed E-state index contributed by atoms with van der Waals surface area (Å²) in [5.41, 5.74) is 1.32. The number of amides is 2. The lowest BCUT2D eigenvalue weighted by Gasteiger charge is -2.19. The molecule has 1 atom stereocenters. The van der Waals surface area contributed by atoms with Gasteiger partial charge in [0, 0.05) is 24.7 Å². The number of nitrogens with one attached hydrogen (secondary N) is 1. The quantitative estimate of drug-likeness (QED) is 0.868. The van der Waals surface area contributed by atoms with Gasteiger partial charge in [0.15, 0.2) is 0 Å². The SMILES string of the molecule is COc1cc(NC(=O)C(C)Cl)ccc1N1CCCC1=O. The minimum Gasteiger partial charge on any atom is -0.494 e. The smallest absolute Gasteiger partial charge is 0.242 e. The first-order valence-electron chi connectivity index (χ1n) is 6.46. The molecular formula is C14H17ClN2O3. The van der Waals surface area contributed by atoms with Crippen molar-refractivity contribution in [1.29, 1.82) is 0 Å². The Kier molecular flexibility index (Phi) is 4.49. The highest BCUT2D eigenvalue weighted by Crippen LogP contribution is 2.33. The molecule has 1 unspecified atom stereocenters. The van der Waals surface area contributed by atoms with Gasteiger partial charge in [0.2, 0.25) is 11.8 Å². The Morgan fingerprint density at radius 1 is 1.50 bits per heavy atom. The van der Waals surface area contributed by atoms with Gasteiger partial charge < -0.3 is 15.0 Å². The number of anilines is 2. The molecule has 6 heteroatoms. The van der Waals surface area contributed by atoms with E-state index in [0.29, 0.717) is 24.4 Å². The predicted molar refractivity (Wildman–Crippen MR) is 78.5 cm³/mol. The number of halogens is 1. The van der Waals surface area contributed by atoms with Crippen molar-refractivity contribution in [1.82, 2.24) is 0 Å². The highest BCUT2D eigenvalue weighted by Gasteiger charge is 2.24. The fraction of sp³-hybridized carbons (Fsp3) is 0.429. The summed E-state index contributed by atoms with van der Waals surface area (Å²) < 4.78 is 5.31. The van der Waals surface area contributed by atoms with E-state index in [-0.39, 0.29) is 11.8 Å². The van der Waals surface area contributed by atoms with Crippen LogP contribution >= 0.6 is 11.6 Å². The van der Waals surface area contributed by atoms with Crippen LogP contribution in [-0.4, -0.2) is 30.8 Å². The lowest BCUT2D eigenvalue weighted by Crippen LogP contribution is -2.24. The van der Waals surface area contributed by atoms with Crippen LogP contribution in [0.2, 0.25) is 0 Å². The van der Waals surface area contributed by atoms with Gasteiger partial charge in [0.1, 0.15) is 11.1 Å². The number of nitrogens with zero attached hydrogens (tertiary/aromatic N) is 1. The highest BCUT2D eigenvalue weighted by atomic mass is 35.5. The Hall–Kier alpha value is -1.75. The number of hydrogen-bond donors (Lipinski definition) is 1. The molecule has 0 aromatic heterocycles. The third-order valence-corrected chi connectivity index (χ3v) is 3.37. The van der Waals surface area contributed by atoms with E-state index in [4.69, 9.17) is 16.3 Å². The number of carbonyl (C=O) groups excluding carboxylic acids is 2. The van der Waals surface area contributed by atoms with Crippen molar-refractivity contribution in [3.63, 3.8) is 0 Å². The Balaban J connectivity index is 2.24. The maximum absolute atomic E-state index is 11.8. The van der Waals surface area contributed by atoms with Crippen LogP contribution in [0.4, 0.5) is 11.4 Å². The molecule has 0 aliphatic carbocycles. The fourth-order valence-electron chi connectivity index (χ4n) is 2.12. The number of hydrogen-bond acceptors (Lipinski definition) is 3. The van der Waals surface area contributed by atoms with E-state index in [9.17, 15) is 9.59 Å². The Labute approximate surface area is 122 Å². The summed E-state index contributed by atoms with van der Waals surface area (Å²) in [5.74, 6) is 0.369. The molecule has 1 aromatic rings. The van der Waals surface area contributed by atoms with Crippen molar-refractivity contribution in [3.8, 4) is 5.75 Å². The zero-order valence-electron chi connectivity index (χ0n) is 11.5. The zero-order chi connectivity index (χ0) is 14.7. The maximum Gasteiger partial charge on any atom is 0.242 e. The van der Waals surface area contributed by atoms with E-state index in [1.54, 1.807) is 30.0 Å². The number of alkyl halides is 1. The molecule has 1 aliphatic rings. The average Bonchev–Trinajstić information content (AvgIpc) is 2.84. The Morgan fingerprint density at radius 3 is 2.80 bits per heavy atom. The summed E-state index contributed by atoms with van der Waals surface area (Å²) in [5, 5.41) is 2.08. The lowest BCUT2D eigenvalue weighted by molar-refractivity contribution is -0.117. The van der Waals surface area contributed by atoms with Gasteiger partial charge in [0.25, 0.3) is 0 Å². The van der Waals surface area contributed by atoms with Crippen molar-refractivity contribution in [2.24, 2.45) is 0 Å². The summed E-state index contributed by atoms with van der Waals surface area (Å²) in [6, 6.07) is 5.20. The molecule has 5 nitrogen and oxygen atoms in total. The third-order valence-electron chi connectivity index (χ3n) is 3.17. The van der Waals surface area contributed by atoms with Gasteiger partial charge in [0.05, 0.1) is 12.8 Å². The van der Waals surface area contributed by atoms with Gasteiger partial charge in [-0.3, -0.25) is 9.59 Å². The molecule has 1 aromatic carbocycles. The van der Waals surface area contributed by atoms with Crippen LogP contribution in [0.5, 0.6) is 5.75 Å². The maximum atomic E-state index is 11.8. The molecule has 0 spiro atoms. The van der Waals surface area contributed by atoms with Crippen molar-refractivity contribution in [3.05, 3.63) is 18.2 Å². The summed E-state index contributed by atoms with van der Waals surface area (Å²) in [4.78, 5) is 25.0. The highest BCUT2D eigenvalue weighted by molar-refractivity contribution is 6.32. The first-order chi connectivity index (χ1) is 9.52. The molecule has 0 bridgehead atoms. The lowest BCUT2D eigenvalue weighted by atomic mass is 10.2. The number of benzene rings is 1. The van der Waals surface area contributed by atoms with Crippen molar-refractivity contribution >= 4 is 34.8 Å². The molecule has 2 rings (SSSR count). The normalized spacial score (nSPS) is 16.1. The van der Waals surface area contributed by atoms with Crippen molar-refractivity contribution < 1.29 is 14.3 Å². The second-order valence-corrected chi connectivity index (χ2v) is 5.30. The van der Waals surface area contributed by atoms with Crippen LogP contribution in [0, 0.1) is 0 Å². The molecule has 0 saturated carbocycles. The number of rotatable bonds is 4. The van der Waals surface area contributed by atoms with Gasteiger partial charge in [-0.25, -0.2) is 0 Å². The summed E-state index contributed by atoms with van der Waals surface area (Å²) in [7, 11) is 1.54. The first-order valence-corrected chi connectivity index (χ1v) is 6.90. The molecule has 108 valence electrons. The Bertz CT molecular complexity index is 531. The number of carbonyl (C=O) groups is 2. The van der Waals surface area contributed by atoms with E-state index in [0.717, 1.165) is 12.1 Å². The summed E-state index contributed by atoms with van der Waals surface area (Å²) >= 11 is 5.71. The molecule has 20 heavy (non-hydrogen) atoms. The van der Waals surface area contributed by atoms with E-state index in [2.05, 4.69) is 5.32 Å². The molecule has 1 N–H and O–H groups in total. The molecular weight excluding hydrogens is 280 g/mol. The predicted octanol–water partition coefficient (Wildman–Crippen LogP) is 2.39. The zero-order valence-corrected chi connectivity index (χ0v) is 12.2. The molecule has 1 aliphatic heterocycles. The van der Waals surface area contributed by atoms with E-state index >= 15 is 0 Å². The fourth-order valence-corrected chi connectivity index (χ4v) is 2.18. The molecule has 0 radical (unpaired) electrons. The topological polar surface area (TPSA) is 58.6 Å². The van der Waals surface area contributed by atoms with Gasteiger partial charge >= 0.3 is 0 Å². The van der Waals surface area contributed by atoms with Gasteiger partial charge in [-0.2, -0.15) is 0 Å². The van der Waals surface area contributed by atoms with E-state index < -0.39 is 5.38 Å². The third kappa shape index (κ3) is 3.04. The number of ether oxygens (including phenoxy) is 1. The summed E-state index contributed by atoms with van der Waals surface area (Å²) in [6.07, 6.45) is 1.41. The average molecular weight is 297 g/mol. The minimum absolute atomic E-state index is 0.0921. The van der Waals surface area contributed by atoms with Crippen molar-refractivity contribution in [2.75, 3.05) is 23.9 Å². The Morgan fingerprint density at radius 2 is 2.25 bits per heavy atom. The van der Waals surface area contributed by atoms with Crippen LogP contribution < -0.4 is 15.0 Å². The molecule has 1 saturated heterocycles. The summed E-state index contributed by atoms with van der Waals surface area (Å²) in [6.45, 7) is 2.30. The van der Waals surface area contributed by atoms with Gasteiger partial charge in [-0.05, 0) is 25.5 Å². The van der Waals surface area contributed by atoms with Gasteiger partial charge in [-0.1, -0.05) is 0 Å². The monoisotopic (exact) mass is 296 g/mol. The first kappa shape index (κ1) is 14.7. The minimum atomic E-state index is -0.610. The van der Waals surface area contributed by atoms with Crippen molar-refractivity contribution in [2.45, 2.75) is 25.1 Å². The van der Waals surface area contributed by atoms with Gasteiger partial charge in [-0.15, -0.1) is 11.6 Å². The van der Waals surface area contributed by atoms with Crippen LogP contribution in [0.3, 0.4) is 0 Å². The second-order valence-electron chi connectivity index (χ2n) is 4.64. The largest absolute Gasteiger partial charge is 0.494 e. The van der Waals surface area contributed by atoms with Crippen LogP contribution in [0.1, 0.15) is 19.8 Å². The molecule has 1 fully saturated rings.